The van der Waals surface area contributed by atoms with E-state index in [-0.39, 0.29) is 0 Å². The Balaban J connectivity index is 2.09. The van der Waals surface area contributed by atoms with Gasteiger partial charge in [0.05, 0.1) is 18.8 Å². The van der Waals surface area contributed by atoms with Crippen LogP contribution >= 0.6 is 15.9 Å². The van der Waals surface area contributed by atoms with Crippen molar-refractivity contribution in [3.05, 3.63) is 28.7 Å². The van der Waals surface area contributed by atoms with E-state index in [0.717, 1.165) is 17.6 Å². The number of anilines is 1. The maximum absolute atomic E-state index is 5.34. The van der Waals surface area contributed by atoms with Crippen molar-refractivity contribution in [2.24, 2.45) is 0 Å². The zero-order valence-electron chi connectivity index (χ0n) is 8.87. The fourth-order valence-electron chi connectivity index (χ4n) is 1.76. The van der Waals surface area contributed by atoms with E-state index in [0.29, 0.717) is 0 Å². The molecule has 0 amide bonds. The lowest BCUT2D eigenvalue weighted by Gasteiger charge is -2.49. The lowest BCUT2D eigenvalue weighted by Crippen LogP contribution is -2.64. The highest BCUT2D eigenvalue weighted by atomic mass is 79.9. The van der Waals surface area contributed by atoms with Crippen LogP contribution in [0.3, 0.4) is 0 Å². The second-order valence-corrected chi connectivity index (χ2v) is 4.48. The Hall–Kier alpha value is -0.580. The normalized spacial score (nSPS) is 18.7. The molecule has 0 spiro atoms. The standard InChI is InChI=1S/C11H14BrNO2/c1-14-11(15-2)7-13(8-11)10-6-4-3-5-9(10)12/h3-6H,7-8H2,1-2H3. The third kappa shape index (κ3) is 1.89. The molecular weight excluding hydrogens is 258 g/mol. The highest BCUT2D eigenvalue weighted by molar-refractivity contribution is 9.10. The molecule has 3 nitrogen and oxygen atoms in total. The molecule has 1 aliphatic heterocycles. The Morgan fingerprint density at radius 3 is 2.33 bits per heavy atom. The minimum atomic E-state index is -0.421. The van der Waals surface area contributed by atoms with Gasteiger partial charge in [-0.2, -0.15) is 0 Å². The van der Waals surface area contributed by atoms with Crippen LogP contribution in [0.5, 0.6) is 0 Å². The minimum absolute atomic E-state index is 0.421. The molecule has 0 saturated carbocycles. The van der Waals surface area contributed by atoms with Crippen LogP contribution < -0.4 is 4.90 Å². The van der Waals surface area contributed by atoms with Crippen molar-refractivity contribution in [1.82, 2.24) is 0 Å². The van der Waals surface area contributed by atoms with Crippen molar-refractivity contribution in [1.29, 1.82) is 0 Å². The molecular formula is C11H14BrNO2. The number of methoxy groups -OCH3 is 2. The van der Waals surface area contributed by atoms with E-state index in [2.05, 4.69) is 26.9 Å². The summed E-state index contributed by atoms with van der Waals surface area (Å²) in [6.07, 6.45) is 0. The molecule has 4 heteroatoms. The highest BCUT2D eigenvalue weighted by Gasteiger charge is 2.44. The van der Waals surface area contributed by atoms with Crippen LogP contribution in [0.2, 0.25) is 0 Å². The van der Waals surface area contributed by atoms with Gasteiger partial charge in [0.25, 0.3) is 0 Å². The van der Waals surface area contributed by atoms with Crippen LogP contribution in [0.1, 0.15) is 0 Å². The van der Waals surface area contributed by atoms with E-state index in [1.54, 1.807) is 14.2 Å². The lowest BCUT2D eigenvalue weighted by molar-refractivity contribution is -0.219. The van der Waals surface area contributed by atoms with Crippen LogP contribution in [0.4, 0.5) is 5.69 Å². The molecule has 1 aromatic carbocycles. The van der Waals surface area contributed by atoms with E-state index in [1.807, 2.05) is 18.2 Å². The lowest BCUT2D eigenvalue weighted by atomic mass is 10.1. The van der Waals surface area contributed by atoms with Crippen molar-refractivity contribution in [2.75, 3.05) is 32.2 Å². The summed E-state index contributed by atoms with van der Waals surface area (Å²) in [5, 5.41) is 0. The minimum Gasteiger partial charge on any atom is -0.360 e. The van der Waals surface area contributed by atoms with Crippen molar-refractivity contribution in [3.63, 3.8) is 0 Å². The first kappa shape index (κ1) is 10.9. The quantitative estimate of drug-likeness (QED) is 0.788. The summed E-state index contributed by atoms with van der Waals surface area (Å²) in [7, 11) is 3.36. The smallest absolute Gasteiger partial charge is 0.203 e. The van der Waals surface area contributed by atoms with Crippen molar-refractivity contribution in [2.45, 2.75) is 5.79 Å². The van der Waals surface area contributed by atoms with E-state index in [1.165, 1.54) is 5.69 Å². The van der Waals surface area contributed by atoms with Crippen LogP contribution in [-0.2, 0) is 9.47 Å². The third-order valence-electron chi connectivity index (χ3n) is 2.80. The SMILES string of the molecule is COC1(OC)CN(c2ccccc2Br)C1. The molecule has 1 saturated heterocycles. The second kappa shape index (κ2) is 4.12. The summed E-state index contributed by atoms with van der Waals surface area (Å²) >= 11 is 3.53. The van der Waals surface area contributed by atoms with Gasteiger partial charge in [-0.25, -0.2) is 0 Å². The summed E-state index contributed by atoms with van der Waals surface area (Å²) in [4.78, 5) is 2.22. The summed E-state index contributed by atoms with van der Waals surface area (Å²) in [6.45, 7) is 1.53. The van der Waals surface area contributed by atoms with Gasteiger partial charge in [-0.05, 0) is 28.1 Å². The van der Waals surface area contributed by atoms with Gasteiger partial charge in [0, 0.05) is 18.7 Å². The van der Waals surface area contributed by atoms with Gasteiger partial charge in [0.2, 0.25) is 5.79 Å². The maximum Gasteiger partial charge on any atom is 0.203 e. The molecule has 2 rings (SSSR count). The number of hydrogen-bond donors (Lipinski definition) is 0. The Labute approximate surface area is 98.1 Å². The van der Waals surface area contributed by atoms with Gasteiger partial charge in [-0.3, -0.25) is 0 Å². The van der Waals surface area contributed by atoms with Gasteiger partial charge in [-0.1, -0.05) is 12.1 Å². The molecule has 1 aliphatic rings. The monoisotopic (exact) mass is 271 g/mol. The molecule has 0 atom stereocenters. The van der Waals surface area contributed by atoms with Crippen molar-refractivity contribution < 1.29 is 9.47 Å². The van der Waals surface area contributed by atoms with Crippen LogP contribution in [0.15, 0.2) is 28.7 Å². The molecule has 82 valence electrons. The van der Waals surface area contributed by atoms with Gasteiger partial charge in [0.1, 0.15) is 0 Å². The second-order valence-electron chi connectivity index (χ2n) is 3.63. The summed E-state index contributed by atoms with van der Waals surface area (Å²) in [5.74, 6) is -0.421. The van der Waals surface area contributed by atoms with Crippen molar-refractivity contribution >= 4 is 21.6 Å². The Kier molecular flexibility index (Phi) is 3.00. The molecule has 0 radical (unpaired) electrons. The Bertz CT molecular complexity index is 344. The molecule has 0 bridgehead atoms. The molecule has 0 unspecified atom stereocenters. The molecule has 15 heavy (non-hydrogen) atoms. The fraction of sp³-hybridized carbons (Fsp3) is 0.455. The topological polar surface area (TPSA) is 21.7 Å². The number of nitrogens with zero attached hydrogens (tertiary/aromatic N) is 1. The largest absolute Gasteiger partial charge is 0.360 e. The van der Waals surface area contributed by atoms with Crippen LogP contribution in [-0.4, -0.2) is 33.1 Å². The number of benzene rings is 1. The number of para-hydroxylation sites is 1. The van der Waals surface area contributed by atoms with E-state index < -0.39 is 5.79 Å². The predicted octanol–water partition coefficient (Wildman–Crippen LogP) is 2.26. The molecule has 0 aliphatic carbocycles. The first-order valence-corrected chi connectivity index (χ1v) is 5.60. The molecule has 0 aromatic heterocycles. The summed E-state index contributed by atoms with van der Waals surface area (Å²) < 4.78 is 11.8. The molecule has 1 aromatic rings. The van der Waals surface area contributed by atoms with Crippen LogP contribution in [0.25, 0.3) is 0 Å². The van der Waals surface area contributed by atoms with Gasteiger partial charge in [-0.15, -0.1) is 0 Å². The zero-order valence-corrected chi connectivity index (χ0v) is 10.5. The Morgan fingerprint density at radius 2 is 1.80 bits per heavy atom. The van der Waals surface area contributed by atoms with Gasteiger partial charge in [0.15, 0.2) is 0 Å². The summed E-state index contributed by atoms with van der Waals surface area (Å²) in [5.41, 5.74) is 1.18. The van der Waals surface area contributed by atoms with Gasteiger partial charge >= 0.3 is 0 Å². The van der Waals surface area contributed by atoms with E-state index in [9.17, 15) is 0 Å². The maximum atomic E-state index is 5.34. The van der Waals surface area contributed by atoms with E-state index >= 15 is 0 Å². The number of hydrogen-bond acceptors (Lipinski definition) is 3. The predicted molar refractivity (Wildman–Crippen MR) is 63.1 cm³/mol. The third-order valence-corrected chi connectivity index (χ3v) is 3.47. The van der Waals surface area contributed by atoms with E-state index in [4.69, 9.17) is 9.47 Å². The number of halogens is 1. The highest BCUT2D eigenvalue weighted by Crippen LogP contribution is 2.34. The average Bonchev–Trinajstić information content (AvgIpc) is 2.20. The molecule has 1 fully saturated rings. The molecule has 0 N–H and O–H groups in total. The first-order chi connectivity index (χ1) is 7.21. The zero-order chi connectivity index (χ0) is 10.9. The number of rotatable bonds is 3. The summed E-state index contributed by atoms with van der Waals surface area (Å²) in [6, 6.07) is 8.15. The fourth-order valence-corrected chi connectivity index (χ4v) is 2.29. The van der Waals surface area contributed by atoms with Gasteiger partial charge < -0.3 is 14.4 Å². The number of ether oxygens (including phenoxy) is 2. The van der Waals surface area contributed by atoms with Crippen LogP contribution in [0, 0.1) is 0 Å². The first-order valence-electron chi connectivity index (χ1n) is 4.80. The Morgan fingerprint density at radius 1 is 1.20 bits per heavy atom. The van der Waals surface area contributed by atoms with Crippen molar-refractivity contribution in [3.8, 4) is 0 Å². The molecule has 1 heterocycles. The average molecular weight is 272 g/mol.